The fourth-order valence-corrected chi connectivity index (χ4v) is 5.14. The maximum Gasteiger partial charge on any atom is 0.338 e. The third kappa shape index (κ3) is 4.79. The lowest BCUT2D eigenvalue weighted by Crippen LogP contribution is -2.40. The van der Waals surface area contributed by atoms with Crippen molar-refractivity contribution in [2.24, 2.45) is 4.99 Å². The molecule has 0 bridgehead atoms. The van der Waals surface area contributed by atoms with Gasteiger partial charge in [0.1, 0.15) is 5.75 Å². The van der Waals surface area contributed by atoms with Gasteiger partial charge in [0.25, 0.3) is 5.56 Å². The first-order valence-corrected chi connectivity index (χ1v) is 12.4. The summed E-state index contributed by atoms with van der Waals surface area (Å²) in [5.74, 6) is 1.30. The molecule has 2 aromatic carbocycles. The summed E-state index contributed by atoms with van der Waals surface area (Å²) in [6.45, 7) is 6.02. The zero-order valence-electron chi connectivity index (χ0n) is 20.9. The summed E-state index contributed by atoms with van der Waals surface area (Å²) in [6.07, 6.45) is 1.81. The quantitative estimate of drug-likeness (QED) is 0.434. The lowest BCUT2D eigenvalue weighted by atomic mass is 9.95. The van der Waals surface area contributed by atoms with E-state index in [9.17, 15) is 9.59 Å². The van der Waals surface area contributed by atoms with Crippen LogP contribution in [0.2, 0.25) is 0 Å². The van der Waals surface area contributed by atoms with Crippen LogP contribution in [0.4, 0.5) is 0 Å². The molecule has 3 aromatic rings. The topological polar surface area (TPSA) is 88.4 Å². The molecule has 188 valence electrons. The second-order valence-electron chi connectivity index (χ2n) is 7.92. The molecule has 0 radical (unpaired) electrons. The van der Waals surface area contributed by atoms with Gasteiger partial charge < -0.3 is 18.9 Å². The molecule has 0 saturated carbocycles. The predicted octanol–water partition coefficient (Wildman–Crippen LogP) is 3.21. The fourth-order valence-electron chi connectivity index (χ4n) is 4.09. The molecule has 2 heterocycles. The number of esters is 1. The van der Waals surface area contributed by atoms with Crippen molar-refractivity contribution in [3.05, 3.63) is 84.5 Å². The Morgan fingerprint density at radius 3 is 2.44 bits per heavy atom. The number of aromatic nitrogens is 1. The first kappa shape index (κ1) is 25.2. The van der Waals surface area contributed by atoms with Crippen molar-refractivity contribution in [1.82, 2.24) is 4.57 Å². The molecular weight excluding hydrogens is 480 g/mol. The normalized spacial score (nSPS) is 15.2. The van der Waals surface area contributed by atoms with Crippen molar-refractivity contribution in [3.8, 4) is 17.2 Å². The Bertz CT molecular complexity index is 1480. The highest BCUT2D eigenvalue weighted by Gasteiger charge is 2.33. The van der Waals surface area contributed by atoms with Crippen LogP contribution in [0.3, 0.4) is 0 Å². The SMILES string of the molecule is CCOC(=O)C1=C(C)N=c2sc(=Cc3ccc(OC)cc3)c(=O)n2C1c1ccc(OC)c(OCC)c1. The molecule has 36 heavy (non-hydrogen) atoms. The number of methoxy groups -OCH3 is 2. The Morgan fingerprint density at radius 1 is 1.06 bits per heavy atom. The molecule has 1 aromatic heterocycles. The van der Waals surface area contributed by atoms with Crippen molar-refractivity contribution in [2.45, 2.75) is 26.8 Å². The molecule has 0 fully saturated rings. The third-order valence-electron chi connectivity index (χ3n) is 5.73. The summed E-state index contributed by atoms with van der Waals surface area (Å²) < 4.78 is 23.8. The zero-order chi connectivity index (χ0) is 25.8. The zero-order valence-corrected chi connectivity index (χ0v) is 21.7. The van der Waals surface area contributed by atoms with Crippen LogP contribution in [-0.4, -0.2) is 38.0 Å². The summed E-state index contributed by atoms with van der Waals surface area (Å²) >= 11 is 1.27. The summed E-state index contributed by atoms with van der Waals surface area (Å²) in [7, 11) is 3.17. The van der Waals surface area contributed by atoms with Gasteiger partial charge in [0, 0.05) is 0 Å². The van der Waals surface area contributed by atoms with E-state index in [4.69, 9.17) is 18.9 Å². The number of ether oxygens (including phenoxy) is 4. The van der Waals surface area contributed by atoms with Gasteiger partial charge in [-0.15, -0.1) is 0 Å². The van der Waals surface area contributed by atoms with Crippen molar-refractivity contribution in [2.75, 3.05) is 27.4 Å². The Balaban J connectivity index is 1.93. The highest BCUT2D eigenvalue weighted by Crippen LogP contribution is 2.36. The van der Waals surface area contributed by atoms with Gasteiger partial charge in [0.05, 0.1) is 49.3 Å². The van der Waals surface area contributed by atoms with Gasteiger partial charge in [-0.3, -0.25) is 9.36 Å². The standard InChI is InChI=1S/C27H28N2O6S/c1-6-34-21-15-18(10-13-20(21)33-5)24-23(26(31)35-7-2)16(3)28-27-29(24)25(30)22(36-27)14-17-8-11-19(32-4)12-9-17/h8-15,24H,6-7H2,1-5H3. The number of carbonyl (C=O) groups excluding carboxylic acids is 1. The molecule has 1 aliphatic rings. The van der Waals surface area contributed by atoms with Crippen molar-refractivity contribution in [3.63, 3.8) is 0 Å². The Kier molecular flexibility index (Phi) is 7.59. The third-order valence-corrected chi connectivity index (χ3v) is 6.72. The highest BCUT2D eigenvalue weighted by atomic mass is 32.1. The van der Waals surface area contributed by atoms with Crippen LogP contribution < -0.4 is 29.1 Å². The number of nitrogens with zero attached hydrogens (tertiary/aromatic N) is 2. The van der Waals surface area contributed by atoms with Crippen LogP contribution in [-0.2, 0) is 9.53 Å². The summed E-state index contributed by atoms with van der Waals surface area (Å²) in [5, 5.41) is 0. The summed E-state index contributed by atoms with van der Waals surface area (Å²) in [4.78, 5) is 31.9. The molecule has 8 nitrogen and oxygen atoms in total. The van der Waals surface area contributed by atoms with Crippen LogP contribution in [0.15, 0.2) is 63.5 Å². The first-order valence-electron chi connectivity index (χ1n) is 11.6. The largest absolute Gasteiger partial charge is 0.497 e. The minimum Gasteiger partial charge on any atom is -0.497 e. The van der Waals surface area contributed by atoms with Gasteiger partial charge >= 0.3 is 5.97 Å². The van der Waals surface area contributed by atoms with Crippen molar-refractivity contribution >= 4 is 23.4 Å². The van der Waals surface area contributed by atoms with Gasteiger partial charge in [0.2, 0.25) is 0 Å². The second-order valence-corrected chi connectivity index (χ2v) is 8.93. The molecule has 0 amide bonds. The minimum absolute atomic E-state index is 0.205. The molecule has 0 saturated heterocycles. The van der Waals surface area contributed by atoms with E-state index >= 15 is 0 Å². The van der Waals surface area contributed by atoms with E-state index in [1.54, 1.807) is 44.8 Å². The molecule has 1 unspecified atom stereocenters. The van der Waals surface area contributed by atoms with Gasteiger partial charge in [-0.25, -0.2) is 9.79 Å². The van der Waals surface area contributed by atoms with E-state index in [0.717, 1.165) is 11.3 Å². The van der Waals surface area contributed by atoms with E-state index in [-0.39, 0.29) is 12.2 Å². The molecule has 1 atom stereocenters. The Morgan fingerprint density at radius 2 is 1.81 bits per heavy atom. The Labute approximate surface area is 212 Å². The average molecular weight is 509 g/mol. The van der Waals surface area contributed by atoms with Crippen LogP contribution in [0, 0.1) is 0 Å². The minimum atomic E-state index is -0.733. The van der Waals surface area contributed by atoms with E-state index in [2.05, 4.69) is 4.99 Å². The van der Waals surface area contributed by atoms with Crippen LogP contribution in [0.25, 0.3) is 6.08 Å². The number of carbonyl (C=O) groups is 1. The number of fused-ring (bicyclic) bond motifs is 1. The fraction of sp³-hybridized carbons (Fsp3) is 0.296. The molecule has 0 aliphatic carbocycles. The maximum atomic E-state index is 13.7. The average Bonchev–Trinajstić information content (AvgIpc) is 3.18. The molecule has 9 heteroatoms. The van der Waals surface area contributed by atoms with Crippen LogP contribution >= 0.6 is 11.3 Å². The molecule has 1 aliphatic heterocycles. The monoisotopic (exact) mass is 508 g/mol. The summed E-state index contributed by atoms with van der Waals surface area (Å²) in [5.41, 5.74) is 2.11. The molecular formula is C27H28N2O6S. The van der Waals surface area contributed by atoms with E-state index in [0.29, 0.717) is 44.3 Å². The summed E-state index contributed by atoms with van der Waals surface area (Å²) in [6, 6.07) is 12.1. The maximum absolute atomic E-state index is 13.7. The lowest BCUT2D eigenvalue weighted by Gasteiger charge is -2.25. The molecule has 4 rings (SSSR count). The molecule has 0 spiro atoms. The van der Waals surface area contributed by atoms with Gasteiger partial charge in [-0.05, 0) is 62.2 Å². The molecule has 0 N–H and O–H groups in total. The van der Waals surface area contributed by atoms with Crippen molar-refractivity contribution in [1.29, 1.82) is 0 Å². The number of allylic oxidation sites excluding steroid dienone is 1. The van der Waals surface area contributed by atoms with Crippen molar-refractivity contribution < 1.29 is 23.7 Å². The van der Waals surface area contributed by atoms with Crippen LogP contribution in [0.1, 0.15) is 37.9 Å². The number of benzene rings is 2. The van der Waals surface area contributed by atoms with E-state index < -0.39 is 12.0 Å². The number of hydrogen-bond acceptors (Lipinski definition) is 8. The Hall–Kier alpha value is -3.85. The highest BCUT2D eigenvalue weighted by molar-refractivity contribution is 7.07. The van der Waals surface area contributed by atoms with Gasteiger partial charge in [0.15, 0.2) is 16.3 Å². The van der Waals surface area contributed by atoms with Crippen LogP contribution in [0.5, 0.6) is 17.2 Å². The predicted molar refractivity (Wildman–Crippen MR) is 138 cm³/mol. The van der Waals surface area contributed by atoms with E-state index in [1.165, 1.54) is 11.3 Å². The van der Waals surface area contributed by atoms with E-state index in [1.807, 2.05) is 43.3 Å². The smallest absolute Gasteiger partial charge is 0.338 e. The number of hydrogen-bond donors (Lipinski definition) is 0. The van der Waals surface area contributed by atoms with Gasteiger partial charge in [-0.2, -0.15) is 0 Å². The lowest BCUT2D eigenvalue weighted by molar-refractivity contribution is -0.139. The second kappa shape index (κ2) is 10.8. The number of rotatable bonds is 8. The van der Waals surface area contributed by atoms with Gasteiger partial charge in [-0.1, -0.05) is 29.5 Å². The number of thiazole rings is 1. The first-order chi connectivity index (χ1) is 17.4.